The standard InChI is InChI=1S/C17H16O5/c1-17(2)7-12(18)11-6-10-8-4-3-5-9(8)16(20)21-14(10)13(19)15(11)22-17/h6,19H,3-5,7H2,1-2H3. The van der Waals surface area contributed by atoms with Crippen LogP contribution in [0.5, 0.6) is 11.5 Å². The Labute approximate surface area is 126 Å². The third-order valence-electron chi connectivity index (χ3n) is 4.46. The van der Waals surface area contributed by atoms with E-state index in [0.29, 0.717) is 22.9 Å². The van der Waals surface area contributed by atoms with Gasteiger partial charge in [-0.2, -0.15) is 0 Å². The first-order valence-electron chi connectivity index (χ1n) is 7.44. The molecule has 2 aromatic rings. The number of phenolic OH excluding ortho intramolecular Hbond substituents is 1. The fourth-order valence-corrected chi connectivity index (χ4v) is 3.49. The monoisotopic (exact) mass is 300 g/mol. The minimum absolute atomic E-state index is 0.0682. The summed E-state index contributed by atoms with van der Waals surface area (Å²) in [5.41, 5.74) is 0.948. The van der Waals surface area contributed by atoms with E-state index < -0.39 is 11.2 Å². The van der Waals surface area contributed by atoms with Crippen LogP contribution < -0.4 is 10.4 Å². The predicted octanol–water partition coefficient (Wildman–Crippen LogP) is 2.73. The number of fused-ring (bicyclic) bond motifs is 4. The molecule has 0 spiro atoms. The molecular formula is C17H16O5. The van der Waals surface area contributed by atoms with Gasteiger partial charge in [0.05, 0.1) is 12.0 Å². The second kappa shape index (κ2) is 4.12. The van der Waals surface area contributed by atoms with Crippen molar-refractivity contribution in [2.45, 2.75) is 45.1 Å². The van der Waals surface area contributed by atoms with Crippen molar-refractivity contribution in [1.29, 1.82) is 0 Å². The van der Waals surface area contributed by atoms with Gasteiger partial charge in [0, 0.05) is 10.9 Å². The molecule has 1 N–H and O–H groups in total. The van der Waals surface area contributed by atoms with E-state index >= 15 is 0 Å². The van der Waals surface area contributed by atoms with Gasteiger partial charge in [-0.05, 0) is 44.7 Å². The molecule has 0 saturated carbocycles. The number of aromatic hydroxyl groups is 1. The van der Waals surface area contributed by atoms with Crippen LogP contribution in [0.1, 0.15) is 48.2 Å². The van der Waals surface area contributed by atoms with Crippen molar-refractivity contribution in [2.75, 3.05) is 0 Å². The van der Waals surface area contributed by atoms with Crippen molar-refractivity contribution in [3.8, 4) is 11.5 Å². The molecule has 5 nitrogen and oxygen atoms in total. The molecular weight excluding hydrogens is 284 g/mol. The summed E-state index contributed by atoms with van der Waals surface area (Å²) in [7, 11) is 0. The lowest BCUT2D eigenvalue weighted by Crippen LogP contribution is -2.36. The highest BCUT2D eigenvalue weighted by atomic mass is 16.5. The van der Waals surface area contributed by atoms with E-state index in [4.69, 9.17) is 9.15 Å². The zero-order valence-corrected chi connectivity index (χ0v) is 12.5. The van der Waals surface area contributed by atoms with Crippen molar-refractivity contribution in [3.05, 3.63) is 33.2 Å². The van der Waals surface area contributed by atoms with Gasteiger partial charge in [0.1, 0.15) is 5.60 Å². The van der Waals surface area contributed by atoms with Gasteiger partial charge in [-0.15, -0.1) is 0 Å². The fraction of sp³-hybridized carbons (Fsp3) is 0.412. The molecule has 22 heavy (non-hydrogen) atoms. The Kier molecular flexibility index (Phi) is 2.50. The van der Waals surface area contributed by atoms with E-state index in [1.54, 1.807) is 19.9 Å². The topological polar surface area (TPSA) is 76.7 Å². The molecule has 0 unspecified atom stereocenters. The van der Waals surface area contributed by atoms with Crippen molar-refractivity contribution in [3.63, 3.8) is 0 Å². The summed E-state index contributed by atoms with van der Waals surface area (Å²) in [5, 5.41) is 11.1. The maximum atomic E-state index is 12.4. The number of phenols is 1. The number of hydrogen-bond acceptors (Lipinski definition) is 5. The van der Waals surface area contributed by atoms with Gasteiger partial charge in [-0.3, -0.25) is 4.79 Å². The molecule has 5 heteroatoms. The van der Waals surface area contributed by atoms with Gasteiger partial charge >= 0.3 is 5.63 Å². The minimum Gasteiger partial charge on any atom is -0.502 e. The largest absolute Gasteiger partial charge is 0.502 e. The Morgan fingerprint density at radius 3 is 2.68 bits per heavy atom. The Balaban J connectivity index is 2.10. The van der Waals surface area contributed by atoms with Crippen molar-refractivity contribution in [2.24, 2.45) is 0 Å². The summed E-state index contributed by atoms with van der Waals surface area (Å²) < 4.78 is 11.1. The molecule has 0 fully saturated rings. The zero-order chi connectivity index (χ0) is 15.6. The molecule has 0 atom stereocenters. The highest BCUT2D eigenvalue weighted by Gasteiger charge is 2.36. The van der Waals surface area contributed by atoms with Gasteiger partial charge in [0.2, 0.25) is 5.75 Å². The lowest BCUT2D eigenvalue weighted by molar-refractivity contribution is 0.0602. The molecule has 1 aromatic heterocycles. The predicted molar refractivity (Wildman–Crippen MR) is 79.8 cm³/mol. The van der Waals surface area contributed by atoms with Crippen LogP contribution >= 0.6 is 0 Å². The number of Topliss-reactive ketones (excluding diaryl/α,β-unsaturated/α-hetero) is 1. The van der Waals surface area contributed by atoms with E-state index in [1.165, 1.54) is 0 Å². The highest BCUT2D eigenvalue weighted by Crippen LogP contribution is 2.45. The van der Waals surface area contributed by atoms with Crippen LogP contribution in [0.2, 0.25) is 0 Å². The molecule has 2 heterocycles. The highest BCUT2D eigenvalue weighted by molar-refractivity contribution is 6.06. The zero-order valence-electron chi connectivity index (χ0n) is 12.5. The van der Waals surface area contributed by atoms with Gasteiger partial charge in [0.25, 0.3) is 0 Å². The average Bonchev–Trinajstić information content (AvgIpc) is 2.91. The van der Waals surface area contributed by atoms with Crippen molar-refractivity contribution in [1.82, 2.24) is 0 Å². The maximum absolute atomic E-state index is 12.4. The van der Waals surface area contributed by atoms with Gasteiger partial charge < -0.3 is 14.3 Å². The van der Waals surface area contributed by atoms with E-state index in [9.17, 15) is 14.7 Å². The molecule has 1 aliphatic heterocycles. The molecule has 1 aliphatic carbocycles. The minimum atomic E-state index is -0.688. The van der Waals surface area contributed by atoms with Crippen LogP contribution in [0.15, 0.2) is 15.3 Å². The molecule has 2 aliphatic rings. The number of carbonyl (C=O) groups is 1. The number of aryl methyl sites for hydroxylation is 1. The van der Waals surface area contributed by atoms with E-state index in [-0.39, 0.29) is 29.3 Å². The quantitative estimate of drug-likeness (QED) is 0.757. The van der Waals surface area contributed by atoms with Crippen LogP contribution in [0, 0.1) is 0 Å². The lowest BCUT2D eigenvalue weighted by Gasteiger charge is -2.32. The summed E-state index contributed by atoms with van der Waals surface area (Å²) >= 11 is 0. The number of ether oxygens (including phenoxy) is 1. The van der Waals surface area contributed by atoms with Crippen LogP contribution in [0.25, 0.3) is 11.0 Å². The molecule has 0 bridgehead atoms. The Bertz CT molecular complexity index is 888. The number of carbonyl (C=O) groups excluding carboxylic acids is 1. The molecule has 0 amide bonds. The second-order valence-corrected chi connectivity index (χ2v) is 6.64. The smallest absolute Gasteiger partial charge is 0.339 e. The van der Waals surface area contributed by atoms with E-state index in [1.807, 2.05) is 0 Å². The Morgan fingerprint density at radius 2 is 1.91 bits per heavy atom. The molecule has 4 rings (SSSR count). The molecule has 0 radical (unpaired) electrons. The first-order chi connectivity index (χ1) is 10.4. The van der Waals surface area contributed by atoms with E-state index in [2.05, 4.69) is 0 Å². The Hall–Kier alpha value is -2.30. The van der Waals surface area contributed by atoms with Crippen LogP contribution in [0.4, 0.5) is 0 Å². The molecule has 114 valence electrons. The van der Waals surface area contributed by atoms with Crippen LogP contribution in [-0.2, 0) is 12.8 Å². The Morgan fingerprint density at radius 1 is 1.18 bits per heavy atom. The number of hydrogen-bond donors (Lipinski definition) is 1. The number of ketones is 1. The SMILES string of the molecule is CC1(C)CC(=O)c2cc3c4c(c(=O)oc3c(O)c2O1)CCC4. The summed E-state index contributed by atoms with van der Waals surface area (Å²) in [4.78, 5) is 24.4. The van der Waals surface area contributed by atoms with Crippen molar-refractivity contribution < 1.29 is 19.1 Å². The van der Waals surface area contributed by atoms with Gasteiger partial charge in [0.15, 0.2) is 17.1 Å². The number of benzene rings is 1. The summed E-state index contributed by atoms with van der Waals surface area (Å²) in [6.45, 7) is 3.58. The normalized spacial score (nSPS) is 18.9. The second-order valence-electron chi connectivity index (χ2n) is 6.64. The van der Waals surface area contributed by atoms with Crippen molar-refractivity contribution >= 4 is 16.8 Å². The third-order valence-corrected chi connectivity index (χ3v) is 4.46. The van der Waals surface area contributed by atoms with Crippen LogP contribution in [0.3, 0.4) is 0 Å². The summed E-state index contributed by atoms with van der Waals surface area (Å²) in [6.07, 6.45) is 2.58. The van der Waals surface area contributed by atoms with Crippen LogP contribution in [-0.4, -0.2) is 16.5 Å². The first kappa shape index (κ1) is 13.4. The van der Waals surface area contributed by atoms with Gasteiger partial charge in [-0.1, -0.05) is 0 Å². The summed E-state index contributed by atoms with van der Waals surface area (Å²) in [6, 6.07) is 1.70. The van der Waals surface area contributed by atoms with Gasteiger partial charge in [-0.25, -0.2) is 4.79 Å². The maximum Gasteiger partial charge on any atom is 0.339 e. The lowest BCUT2D eigenvalue weighted by atomic mass is 9.91. The third kappa shape index (κ3) is 1.71. The summed E-state index contributed by atoms with van der Waals surface area (Å²) in [5.74, 6) is -0.198. The molecule has 1 aromatic carbocycles. The average molecular weight is 300 g/mol. The first-order valence-corrected chi connectivity index (χ1v) is 7.44. The fourth-order valence-electron chi connectivity index (χ4n) is 3.49. The molecule has 0 saturated heterocycles. The number of rotatable bonds is 0. The van der Waals surface area contributed by atoms with E-state index in [0.717, 1.165) is 18.4 Å².